The molecule has 3 aromatic rings. The molecule has 1 atom stereocenters. The molecule has 34 heavy (non-hydrogen) atoms. The van der Waals surface area contributed by atoms with Crippen molar-refractivity contribution in [2.45, 2.75) is 51.4 Å². The summed E-state index contributed by atoms with van der Waals surface area (Å²) in [5, 5.41) is 12.0. The number of carbonyl (C=O) groups is 2. The number of cyclic esters (lactones) is 1. The first kappa shape index (κ1) is 21.0. The molecule has 1 saturated carbocycles. The Balaban J connectivity index is 1.64. The number of aromatic nitrogens is 2. The zero-order chi connectivity index (χ0) is 23.8. The summed E-state index contributed by atoms with van der Waals surface area (Å²) in [6, 6.07) is 7.19. The molecule has 0 radical (unpaired) electrons. The van der Waals surface area contributed by atoms with E-state index in [1.54, 1.807) is 30.7 Å². The molecule has 1 aromatic carbocycles. The predicted molar refractivity (Wildman–Crippen MR) is 123 cm³/mol. The number of esters is 1. The van der Waals surface area contributed by atoms with Crippen molar-refractivity contribution < 1.29 is 24.2 Å². The highest BCUT2D eigenvalue weighted by Crippen LogP contribution is 2.43. The average molecular weight is 460 g/mol. The molecule has 4 heterocycles. The second-order valence-corrected chi connectivity index (χ2v) is 9.37. The molecule has 1 fully saturated rings. The van der Waals surface area contributed by atoms with Gasteiger partial charge >= 0.3 is 5.97 Å². The van der Waals surface area contributed by atoms with Crippen molar-refractivity contribution in [2.75, 3.05) is 7.11 Å². The molecule has 6 rings (SSSR count). The summed E-state index contributed by atoms with van der Waals surface area (Å²) in [5.41, 5.74) is 1.90. The molecule has 0 amide bonds. The number of methoxy groups -OCH3 is 1. The SMILES string of the molecule is CCC1(O)CC(=O)OCc2c1cc1n(c2=O)Cc2c-1nc1ccc(OC)cc1c2C(=O)C1CC1. The molecule has 2 aliphatic heterocycles. The zero-order valence-corrected chi connectivity index (χ0v) is 19.0. The first-order chi connectivity index (χ1) is 16.3. The number of ketones is 1. The van der Waals surface area contributed by atoms with Crippen LogP contribution in [0.3, 0.4) is 0 Å². The molecule has 0 bridgehead atoms. The summed E-state index contributed by atoms with van der Waals surface area (Å²) >= 11 is 0. The molecule has 1 N–H and O–H groups in total. The molecular weight excluding hydrogens is 436 g/mol. The van der Waals surface area contributed by atoms with Crippen LogP contribution in [0.2, 0.25) is 0 Å². The normalized spacial score (nSPS) is 20.9. The van der Waals surface area contributed by atoms with Gasteiger partial charge in [-0.1, -0.05) is 6.92 Å². The standard InChI is InChI=1S/C26H24N2O6/c1-3-26(32)10-21(29)34-12-17-18(26)9-20-23-16(11-28(20)25(17)31)22(24(30)13-4-5-13)15-8-14(33-2)6-7-19(15)27-23/h6-9,13,32H,3-5,10-12H2,1-2H3. The van der Waals surface area contributed by atoms with E-state index in [0.717, 1.165) is 18.2 Å². The Bertz CT molecular complexity index is 1470. The zero-order valence-electron chi connectivity index (χ0n) is 19.0. The van der Waals surface area contributed by atoms with Gasteiger partial charge in [0.25, 0.3) is 5.56 Å². The van der Waals surface area contributed by atoms with Gasteiger partial charge in [0.1, 0.15) is 18.0 Å². The minimum Gasteiger partial charge on any atom is -0.497 e. The highest BCUT2D eigenvalue weighted by atomic mass is 16.5. The molecule has 174 valence electrons. The Hall–Kier alpha value is -3.52. The number of hydrogen-bond acceptors (Lipinski definition) is 7. The fourth-order valence-electron chi connectivity index (χ4n) is 5.21. The number of rotatable bonds is 4. The number of Topliss-reactive ketones (excluding diaryl/α,β-unsaturated/α-hetero) is 1. The second-order valence-electron chi connectivity index (χ2n) is 9.37. The topological polar surface area (TPSA) is 108 Å². The largest absolute Gasteiger partial charge is 0.497 e. The lowest BCUT2D eigenvalue weighted by Crippen LogP contribution is -2.32. The Morgan fingerprint density at radius 2 is 2.06 bits per heavy atom. The van der Waals surface area contributed by atoms with Gasteiger partial charge in [-0.3, -0.25) is 14.4 Å². The summed E-state index contributed by atoms with van der Waals surface area (Å²) in [7, 11) is 1.58. The van der Waals surface area contributed by atoms with E-state index in [-0.39, 0.29) is 48.8 Å². The number of benzene rings is 1. The van der Waals surface area contributed by atoms with Crippen LogP contribution in [-0.4, -0.2) is 33.5 Å². The Morgan fingerprint density at radius 3 is 2.76 bits per heavy atom. The lowest BCUT2D eigenvalue weighted by Gasteiger charge is -2.26. The van der Waals surface area contributed by atoms with Crippen LogP contribution >= 0.6 is 0 Å². The van der Waals surface area contributed by atoms with Crippen molar-refractivity contribution in [3.05, 3.63) is 56.9 Å². The molecule has 8 nitrogen and oxygen atoms in total. The molecule has 0 saturated heterocycles. The van der Waals surface area contributed by atoms with Crippen LogP contribution in [0.5, 0.6) is 5.75 Å². The highest BCUT2D eigenvalue weighted by Gasteiger charge is 2.41. The van der Waals surface area contributed by atoms with E-state index in [4.69, 9.17) is 14.5 Å². The molecule has 2 aromatic heterocycles. The van der Waals surface area contributed by atoms with Crippen molar-refractivity contribution >= 4 is 22.7 Å². The molecular formula is C26H24N2O6. The lowest BCUT2D eigenvalue weighted by molar-refractivity contribution is -0.149. The Kier molecular flexibility index (Phi) is 4.48. The minimum absolute atomic E-state index is 0.0114. The summed E-state index contributed by atoms with van der Waals surface area (Å²) in [4.78, 5) is 44.0. The first-order valence-corrected chi connectivity index (χ1v) is 11.5. The maximum Gasteiger partial charge on any atom is 0.309 e. The average Bonchev–Trinajstić information content (AvgIpc) is 3.63. The van der Waals surface area contributed by atoms with Gasteiger partial charge in [-0.25, -0.2) is 4.98 Å². The Morgan fingerprint density at radius 1 is 1.26 bits per heavy atom. The minimum atomic E-state index is -1.50. The van der Waals surface area contributed by atoms with Crippen LogP contribution < -0.4 is 10.3 Å². The van der Waals surface area contributed by atoms with Gasteiger partial charge in [0.05, 0.1) is 42.5 Å². The smallest absolute Gasteiger partial charge is 0.309 e. The first-order valence-electron chi connectivity index (χ1n) is 11.5. The van der Waals surface area contributed by atoms with Crippen LogP contribution in [0.25, 0.3) is 22.3 Å². The highest BCUT2D eigenvalue weighted by molar-refractivity contribution is 6.12. The third-order valence-corrected chi connectivity index (χ3v) is 7.35. The quantitative estimate of drug-likeness (QED) is 0.368. The van der Waals surface area contributed by atoms with E-state index in [2.05, 4.69) is 0 Å². The fraction of sp³-hybridized carbons (Fsp3) is 0.385. The third kappa shape index (κ3) is 2.94. The Labute approximate surface area is 195 Å². The maximum absolute atomic E-state index is 13.6. The van der Waals surface area contributed by atoms with E-state index in [0.29, 0.717) is 39.3 Å². The van der Waals surface area contributed by atoms with Crippen molar-refractivity contribution in [3.63, 3.8) is 0 Å². The summed E-state index contributed by atoms with van der Waals surface area (Å²) in [6.45, 7) is 1.78. The number of carbonyl (C=O) groups excluding carboxylic acids is 2. The number of fused-ring (bicyclic) bond motifs is 5. The number of aliphatic hydroxyl groups is 1. The monoisotopic (exact) mass is 460 g/mol. The molecule has 8 heteroatoms. The fourth-order valence-corrected chi connectivity index (χ4v) is 5.21. The van der Waals surface area contributed by atoms with E-state index in [1.807, 2.05) is 12.1 Å². The summed E-state index contributed by atoms with van der Waals surface area (Å²) in [6.07, 6.45) is 1.75. The van der Waals surface area contributed by atoms with Crippen LogP contribution in [0, 0.1) is 5.92 Å². The van der Waals surface area contributed by atoms with Gasteiger partial charge in [0, 0.05) is 22.4 Å². The van der Waals surface area contributed by atoms with Crippen molar-refractivity contribution in [3.8, 4) is 17.1 Å². The molecule has 3 aliphatic rings. The van der Waals surface area contributed by atoms with Crippen LogP contribution in [-0.2, 0) is 28.3 Å². The van der Waals surface area contributed by atoms with Gasteiger partial charge in [-0.05, 0) is 49.1 Å². The van der Waals surface area contributed by atoms with Crippen LogP contribution in [0.1, 0.15) is 59.7 Å². The number of pyridine rings is 2. The number of nitrogens with zero attached hydrogens (tertiary/aromatic N) is 2. The van der Waals surface area contributed by atoms with Gasteiger partial charge in [0.15, 0.2) is 5.78 Å². The molecule has 1 aliphatic carbocycles. The number of hydrogen-bond donors (Lipinski definition) is 1. The molecule has 0 spiro atoms. The summed E-state index contributed by atoms with van der Waals surface area (Å²) in [5.74, 6) is 0.148. The maximum atomic E-state index is 13.6. The molecule has 1 unspecified atom stereocenters. The van der Waals surface area contributed by atoms with Crippen molar-refractivity contribution in [1.29, 1.82) is 0 Å². The third-order valence-electron chi connectivity index (χ3n) is 7.35. The predicted octanol–water partition coefficient (Wildman–Crippen LogP) is 3.07. The van der Waals surface area contributed by atoms with E-state index in [1.165, 1.54) is 0 Å². The summed E-state index contributed by atoms with van der Waals surface area (Å²) < 4.78 is 12.2. The van der Waals surface area contributed by atoms with Gasteiger partial charge < -0.3 is 19.1 Å². The van der Waals surface area contributed by atoms with Gasteiger partial charge in [0.2, 0.25) is 0 Å². The van der Waals surface area contributed by atoms with Crippen LogP contribution in [0.4, 0.5) is 0 Å². The van der Waals surface area contributed by atoms with E-state index < -0.39 is 11.6 Å². The van der Waals surface area contributed by atoms with E-state index in [9.17, 15) is 19.5 Å². The van der Waals surface area contributed by atoms with Crippen LogP contribution in [0.15, 0.2) is 29.1 Å². The van der Waals surface area contributed by atoms with Crippen molar-refractivity contribution in [2.24, 2.45) is 5.92 Å². The van der Waals surface area contributed by atoms with Gasteiger partial charge in [-0.2, -0.15) is 0 Å². The van der Waals surface area contributed by atoms with Crippen molar-refractivity contribution in [1.82, 2.24) is 9.55 Å². The number of ether oxygens (including phenoxy) is 2. The van der Waals surface area contributed by atoms with Gasteiger partial charge in [-0.15, -0.1) is 0 Å². The lowest BCUT2D eigenvalue weighted by atomic mass is 9.85. The van der Waals surface area contributed by atoms with E-state index >= 15 is 0 Å². The second kappa shape index (κ2) is 7.24.